The molecule has 2 aliphatic carbocycles. The van der Waals surface area contributed by atoms with Gasteiger partial charge in [0.15, 0.2) is 5.13 Å². The number of hydrogen-bond acceptors (Lipinski definition) is 4. The summed E-state index contributed by atoms with van der Waals surface area (Å²) in [4.78, 5) is 30.0. The van der Waals surface area contributed by atoms with Crippen molar-refractivity contribution in [2.45, 2.75) is 20.3 Å². The molecule has 1 heterocycles. The Morgan fingerprint density at radius 2 is 1.77 bits per heavy atom. The fraction of sp³-hybridized carbons (Fsp3) is 0.350. The number of aryl methyl sites for hydroxylation is 2. The van der Waals surface area contributed by atoms with Gasteiger partial charge in [-0.3, -0.25) is 9.59 Å². The molecule has 0 spiro atoms. The van der Waals surface area contributed by atoms with Gasteiger partial charge in [0.05, 0.1) is 17.5 Å². The number of benzene rings is 1. The first-order valence-corrected chi connectivity index (χ1v) is 9.52. The Labute approximate surface area is 155 Å². The van der Waals surface area contributed by atoms with Gasteiger partial charge in [0.25, 0.3) is 0 Å². The fourth-order valence-electron chi connectivity index (χ4n) is 4.13. The molecule has 1 amide bonds. The van der Waals surface area contributed by atoms with Crippen molar-refractivity contribution in [2.24, 2.45) is 23.7 Å². The number of fused-ring (bicyclic) bond motifs is 2. The van der Waals surface area contributed by atoms with Gasteiger partial charge in [-0.25, -0.2) is 4.98 Å². The number of allylic oxidation sites excluding steroid dienone is 2. The van der Waals surface area contributed by atoms with Crippen molar-refractivity contribution in [2.75, 3.05) is 5.32 Å². The highest BCUT2D eigenvalue weighted by atomic mass is 32.1. The molecule has 0 saturated heterocycles. The van der Waals surface area contributed by atoms with E-state index in [9.17, 15) is 14.7 Å². The molecule has 134 valence electrons. The molecular formula is C20H20N2O3S. The molecule has 1 aromatic heterocycles. The molecule has 4 unspecified atom stereocenters. The Bertz CT molecular complexity index is 900. The zero-order chi connectivity index (χ0) is 18.4. The van der Waals surface area contributed by atoms with E-state index in [1.54, 1.807) is 0 Å². The number of thiazole rings is 1. The van der Waals surface area contributed by atoms with E-state index in [2.05, 4.69) is 10.3 Å². The van der Waals surface area contributed by atoms with Crippen LogP contribution in [0.15, 0.2) is 36.4 Å². The van der Waals surface area contributed by atoms with Gasteiger partial charge >= 0.3 is 5.97 Å². The van der Waals surface area contributed by atoms with E-state index >= 15 is 0 Å². The van der Waals surface area contributed by atoms with Crippen LogP contribution in [0.4, 0.5) is 5.13 Å². The molecule has 0 aliphatic heterocycles. The highest BCUT2D eigenvalue weighted by Crippen LogP contribution is 2.48. The Balaban J connectivity index is 1.55. The number of aliphatic carboxylic acids is 1. The second-order valence-corrected chi connectivity index (χ2v) is 8.32. The third-order valence-corrected chi connectivity index (χ3v) is 6.29. The number of carbonyl (C=O) groups excluding carboxylic acids is 1. The number of rotatable bonds is 4. The van der Waals surface area contributed by atoms with Crippen LogP contribution < -0.4 is 5.32 Å². The van der Waals surface area contributed by atoms with Crippen LogP contribution in [-0.2, 0) is 9.59 Å². The lowest BCUT2D eigenvalue weighted by molar-refractivity contribution is -0.146. The fourth-order valence-corrected chi connectivity index (χ4v) is 4.97. The van der Waals surface area contributed by atoms with Crippen LogP contribution in [0.1, 0.15) is 16.9 Å². The number of anilines is 1. The molecular weight excluding hydrogens is 348 g/mol. The topological polar surface area (TPSA) is 79.3 Å². The van der Waals surface area contributed by atoms with E-state index in [4.69, 9.17) is 0 Å². The largest absolute Gasteiger partial charge is 0.481 e. The molecule has 1 aromatic carbocycles. The van der Waals surface area contributed by atoms with Gasteiger partial charge in [0.2, 0.25) is 5.91 Å². The van der Waals surface area contributed by atoms with Crippen LogP contribution in [0, 0.1) is 37.5 Å². The molecule has 2 bridgehead atoms. The van der Waals surface area contributed by atoms with E-state index in [1.807, 2.05) is 50.3 Å². The van der Waals surface area contributed by atoms with Crippen molar-refractivity contribution in [3.05, 3.63) is 46.9 Å². The Morgan fingerprint density at radius 3 is 2.42 bits per heavy atom. The van der Waals surface area contributed by atoms with Crippen molar-refractivity contribution < 1.29 is 14.7 Å². The van der Waals surface area contributed by atoms with Gasteiger partial charge < -0.3 is 10.4 Å². The lowest BCUT2D eigenvalue weighted by atomic mass is 9.82. The van der Waals surface area contributed by atoms with Gasteiger partial charge in [-0.1, -0.05) is 42.0 Å². The lowest BCUT2D eigenvalue weighted by Crippen LogP contribution is -2.36. The molecule has 5 nitrogen and oxygen atoms in total. The van der Waals surface area contributed by atoms with E-state index in [0.29, 0.717) is 5.13 Å². The Kier molecular flexibility index (Phi) is 4.15. The molecule has 1 fully saturated rings. The van der Waals surface area contributed by atoms with Gasteiger partial charge in [0, 0.05) is 10.4 Å². The van der Waals surface area contributed by atoms with E-state index in [0.717, 1.165) is 22.6 Å². The summed E-state index contributed by atoms with van der Waals surface area (Å²) in [5.41, 5.74) is 3.04. The molecule has 0 radical (unpaired) electrons. The van der Waals surface area contributed by atoms with Crippen molar-refractivity contribution in [1.82, 2.24) is 4.98 Å². The minimum Gasteiger partial charge on any atom is -0.481 e. The van der Waals surface area contributed by atoms with Gasteiger partial charge in [-0.15, -0.1) is 11.3 Å². The number of carbonyl (C=O) groups is 2. The smallest absolute Gasteiger partial charge is 0.307 e. The predicted octanol–water partition coefficient (Wildman–Crippen LogP) is 3.89. The summed E-state index contributed by atoms with van der Waals surface area (Å²) >= 11 is 1.42. The number of nitrogens with zero attached hydrogens (tertiary/aromatic N) is 1. The second kappa shape index (κ2) is 6.36. The van der Waals surface area contributed by atoms with Crippen molar-refractivity contribution >= 4 is 28.3 Å². The summed E-state index contributed by atoms with van der Waals surface area (Å²) in [5.74, 6) is -2.30. The molecule has 2 N–H and O–H groups in total. The third-order valence-electron chi connectivity index (χ3n) is 5.40. The van der Waals surface area contributed by atoms with E-state index < -0.39 is 17.8 Å². The van der Waals surface area contributed by atoms with Crippen molar-refractivity contribution in [3.63, 3.8) is 0 Å². The number of carboxylic acid groups (broad SMARTS) is 1. The number of nitrogens with one attached hydrogen (secondary N) is 1. The summed E-state index contributed by atoms with van der Waals surface area (Å²) < 4.78 is 0. The molecule has 4 rings (SSSR count). The van der Waals surface area contributed by atoms with E-state index in [1.165, 1.54) is 16.9 Å². The monoisotopic (exact) mass is 368 g/mol. The maximum Gasteiger partial charge on any atom is 0.307 e. The Hall–Kier alpha value is -2.47. The highest BCUT2D eigenvalue weighted by molar-refractivity contribution is 7.16. The van der Waals surface area contributed by atoms with Crippen LogP contribution in [0.2, 0.25) is 0 Å². The molecule has 4 atom stereocenters. The van der Waals surface area contributed by atoms with Crippen LogP contribution in [-0.4, -0.2) is 22.0 Å². The average molecular weight is 368 g/mol. The second-order valence-electron chi connectivity index (χ2n) is 7.12. The van der Waals surface area contributed by atoms with Gasteiger partial charge in [-0.2, -0.15) is 0 Å². The summed E-state index contributed by atoms with van der Waals surface area (Å²) in [7, 11) is 0. The minimum absolute atomic E-state index is 0.0127. The molecule has 2 aromatic rings. The summed E-state index contributed by atoms with van der Waals surface area (Å²) in [6, 6.07) is 8.10. The number of aromatic nitrogens is 1. The molecule has 6 heteroatoms. The number of amides is 1. The van der Waals surface area contributed by atoms with Crippen LogP contribution in [0.5, 0.6) is 0 Å². The maximum atomic E-state index is 12.8. The Morgan fingerprint density at radius 1 is 1.12 bits per heavy atom. The van der Waals surface area contributed by atoms with Gasteiger partial charge in [0.1, 0.15) is 0 Å². The summed E-state index contributed by atoms with van der Waals surface area (Å²) in [6.07, 6.45) is 4.68. The van der Waals surface area contributed by atoms with Crippen LogP contribution in [0.3, 0.4) is 0 Å². The third kappa shape index (κ3) is 2.84. The molecule has 1 saturated carbocycles. The van der Waals surface area contributed by atoms with Crippen molar-refractivity contribution in [1.29, 1.82) is 0 Å². The molecule has 26 heavy (non-hydrogen) atoms. The highest BCUT2D eigenvalue weighted by Gasteiger charge is 2.51. The normalized spacial score (nSPS) is 26.2. The van der Waals surface area contributed by atoms with Crippen LogP contribution in [0.25, 0.3) is 11.3 Å². The predicted molar refractivity (Wildman–Crippen MR) is 101 cm³/mol. The quantitative estimate of drug-likeness (QED) is 0.803. The average Bonchev–Trinajstić information content (AvgIpc) is 3.29. The first-order chi connectivity index (χ1) is 12.4. The zero-order valence-electron chi connectivity index (χ0n) is 14.6. The van der Waals surface area contributed by atoms with Crippen molar-refractivity contribution in [3.8, 4) is 11.3 Å². The standard InChI is InChI=1S/C20H20N2O3S/c1-10-3-5-12(6-4-10)17-11(2)26-20(21-17)22-18(23)15-13-7-8-14(9-13)16(15)19(24)25/h3-8,13-16H,9H2,1-2H3,(H,24,25)(H,21,22,23). The van der Waals surface area contributed by atoms with E-state index in [-0.39, 0.29) is 17.7 Å². The first-order valence-electron chi connectivity index (χ1n) is 8.70. The zero-order valence-corrected chi connectivity index (χ0v) is 15.4. The number of hydrogen-bond donors (Lipinski definition) is 2. The number of carboxylic acids is 1. The maximum absolute atomic E-state index is 12.8. The first kappa shape index (κ1) is 17.0. The minimum atomic E-state index is -0.891. The van der Waals surface area contributed by atoms with Crippen LogP contribution >= 0.6 is 11.3 Å². The van der Waals surface area contributed by atoms with Gasteiger partial charge in [-0.05, 0) is 32.1 Å². The SMILES string of the molecule is Cc1ccc(-c2nc(NC(=O)C3C4C=CC(C4)C3C(=O)O)sc2C)cc1. The summed E-state index contributed by atoms with van der Waals surface area (Å²) in [5, 5.41) is 12.9. The summed E-state index contributed by atoms with van der Waals surface area (Å²) in [6.45, 7) is 4.01. The molecule has 2 aliphatic rings. The lowest BCUT2D eigenvalue weighted by Gasteiger charge is -2.23.